The highest BCUT2D eigenvalue weighted by atomic mass is 16.5. The number of carbonyl (C=O) groups is 2. The number of carbonyl (C=O) groups excluding carboxylic acids is 2. The van der Waals surface area contributed by atoms with Crippen LogP contribution in [0.2, 0.25) is 0 Å². The molecule has 2 aromatic rings. The maximum Gasteiger partial charge on any atom is 0.337 e. The first kappa shape index (κ1) is 14.8. The number of esters is 1. The SMILES string of the molecule is COC(=O)c1ccc2c(c1)/C(=C(/OC)c1ccccc1)C(=O)N2. The highest BCUT2D eigenvalue weighted by Gasteiger charge is 2.30. The number of rotatable bonds is 3. The van der Waals surface area contributed by atoms with Crippen LogP contribution in [0.5, 0.6) is 0 Å². The summed E-state index contributed by atoms with van der Waals surface area (Å²) in [5.41, 5.74) is 2.83. The summed E-state index contributed by atoms with van der Waals surface area (Å²) in [5, 5.41) is 2.79. The van der Waals surface area contributed by atoms with Gasteiger partial charge in [-0.1, -0.05) is 30.3 Å². The van der Waals surface area contributed by atoms with Crippen molar-refractivity contribution in [1.82, 2.24) is 0 Å². The molecule has 0 saturated carbocycles. The maximum absolute atomic E-state index is 12.4. The molecule has 1 N–H and O–H groups in total. The van der Waals surface area contributed by atoms with Crippen molar-refractivity contribution in [2.24, 2.45) is 0 Å². The van der Waals surface area contributed by atoms with E-state index in [0.717, 1.165) is 5.56 Å². The second-order valence-electron chi connectivity index (χ2n) is 4.98. The van der Waals surface area contributed by atoms with Gasteiger partial charge in [-0.3, -0.25) is 4.79 Å². The third-order valence-electron chi connectivity index (χ3n) is 3.65. The summed E-state index contributed by atoms with van der Waals surface area (Å²) in [5.74, 6) is -0.253. The molecule has 116 valence electrons. The third kappa shape index (κ3) is 2.57. The number of methoxy groups -OCH3 is 2. The summed E-state index contributed by atoms with van der Waals surface area (Å²) in [6, 6.07) is 14.3. The summed E-state index contributed by atoms with van der Waals surface area (Å²) in [4.78, 5) is 24.1. The molecule has 5 nitrogen and oxygen atoms in total. The molecule has 0 spiro atoms. The Balaban J connectivity index is 2.20. The van der Waals surface area contributed by atoms with Gasteiger partial charge in [0.2, 0.25) is 0 Å². The number of hydrogen-bond donors (Lipinski definition) is 1. The largest absolute Gasteiger partial charge is 0.495 e. The Hall–Kier alpha value is -3.08. The fraction of sp³-hybridized carbons (Fsp3) is 0.111. The van der Waals surface area contributed by atoms with Gasteiger partial charge in [0.25, 0.3) is 5.91 Å². The number of fused-ring (bicyclic) bond motifs is 1. The molecule has 1 amide bonds. The Bertz CT molecular complexity index is 809. The molecule has 5 heteroatoms. The average Bonchev–Trinajstić information content (AvgIpc) is 2.91. The molecular weight excluding hydrogens is 294 g/mol. The van der Waals surface area contributed by atoms with Crippen LogP contribution in [0.1, 0.15) is 21.5 Å². The second kappa shape index (κ2) is 5.96. The van der Waals surface area contributed by atoms with E-state index < -0.39 is 5.97 Å². The third-order valence-corrected chi connectivity index (χ3v) is 3.65. The van der Waals surface area contributed by atoms with Gasteiger partial charge in [-0.25, -0.2) is 4.79 Å². The predicted molar refractivity (Wildman–Crippen MR) is 86.7 cm³/mol. The fourth-order valence-corrected chi connectivity index (χ4v) is 2.59. The average molecular weight is 309 g/mol. The molecule has 0 fully saturated rings. The Morgan fingerprint density at radius 1 is 0.957 bits per heavy atom. The van der Waals surface area contributed by atoms with Crippen molar-refractivity contribution < 1.29 is 19.1 Å². The molecule has 0 aromatic heterocycles. The Kier molecular flexibility index (Phi) is 3.85. The van der Waals surface area contributed by atoms with Crippen molar-refractivity contribution >= 4 is 28.9 Å². The summed E-state index contributed by atoms with van der Waals surface area (Å²) < 4.78 is 10.2. The summed E-state index contributed by atoms with van der Waals surface area (Å²) >= 11 is 0. The molecule has 0 unspecified atom stereocenters. The topological polar surface area (TPSA) is 64.6 Å². The van der Waals surface area contributed by atoms with Gasteiger partial charge in [0.15, 0.2) is 0 Å². The monoisotopic (exact) mass is 309 g/mol. The Morgan fingerprint density at radius 3 is 2.35 bits per heavy atom. The molecule has 0 aliphatic carbocycles. The first-order valence-corrected chi connectivity index (χ1v) is 7.03. The minimum Gasteiger partial charge on any atom is -0.495 e. The Morgan fingerprint density at radius 2 is 1.70 bits per heavy atom. The van der Waals surface area contributed by atoms with E-state index in [2.05, 4.69) is 5.32 Å². The lowest BCUT2D eigenvalue weighted by Crippen LogP contribution is -2.06. The molecule has 1 aliphatic rings. The van der Waals surface area contributed by atoms with Crippen LogP contribution in [0.4, 0.5) is 5.69 Å². The number of amides is 1. The first-order valence-electron chi connectivity index (χ1n) is 7.03. The zero-order valence-electron chi connectivity index (χ0n) is 12.8. The van der Waals surface area contributed by atoms with E-state index in [1.807, 2.05) is 30.3 Å². The van der Waals surface area contributed by atoms with Crippen LogP contribution in [0.25, 0.3) is 11.3 Å². The van der Waals surface area contributed by atoms with Crippen LogP contribution in [-0.4, -0.2) is 26.1 Å². The van der Waals surface area contributed by atoms with Crippen molar-refractivity contribution in [2.75, 3.05) is 19.5 Å². The van der Waals surface area contributed by atoms with Gasteiger partial charge < -0.3 is 14.8 Å². The summed E-state index contributed by atoms with van der Waals surface area (Å²) in [6.07, 6.45) is 0. The van der Waals surface area contributed by atoms with Crippen LogP contribution in [0, 0.1) is 0 Å². The van der Waals surface area contributed by atoms with Gasteiger partial charge in [0.05, 0.1) is 25.4 Å². The minimum atomic E-state index is -0.454. The van der Waals surface area contributed by atoms with E-state index in [1.165, 1.54) is 14.2 Å². The van der Waals surface area contributed by atoms with Gasteiger partial charge >= 0.3 is 5.97 Å². The highest BCUT2D eigenvalue weighted by Crippen LogP contribution is 2.37. The molecule has 0 atom stereocenters. The van der Waals surface area contributed by atoms with Crippen molar-refractivity contribution in [3.63, 3.8) is 0 Å². The van der Waals surface area contributed by atoms with E-state index >= 15 is 0 Å². The molecule has 1 heterocycles. The first-order chi connectivity index (χ1) is 11.2. The lowest BCUT2D eigenvalue weighted by molar-refractivity contribution is -0.110. The van der Waals surface area contributed by atoms with Gasteiger partial charge in [0, 0.05) is 16.8 Å². The molecule has 0 radical (unpaired) electrons. The van der Waals surface area contributed by atoms with Crippen LogP contribution >= 0.6 is 0 Å². The van der Waals surface area contributed by atoms with Crippen LogP contribution in [0.15, 0.2) is 48.5 Å². The molecule has 0 bridgehead atoms. The highest BCUT2D eigenvalue weighted by molar-refractivity contribution is 6.36. The molecule has 3 rings (SSSR count). The minimum absolute atomic E-state index is 0.261. The predicted octanol–water partition coefficient (Wildman–Crippen LogP) is 2.94. The van der Waals surface area contributed by atoms with Gasteiger partial charge in [0.1, 0.15) is 5.76 Å². The normalized spacial score (nSPS) is 14.8. The van der Waals surface area contributed by atoms with Gasteiger partial charge in [-0.05, 0) is 18.2 Å². The maximum atomic E-state index is 12.4. The quantitative estimate of drug-likeness (QED) is 0.538. The van der Waals surface area contributed by atoms with Gasteiger partial charge in [-0.2, -0.15) is 0 Å². The number of benzene rings is 2. The van der Waals surface area contributed by atoms with E-state index in [4.69, 9.17) is 9.47 Å². The van der Waals surface area contributed by atoms with E-state index in [1.54, 1.807) is 18.2 Å². The summed E-state index contributed by atoms with van der Waals surface area (Å²) in [6.45, 7) is 0. The zero-order chi connectivity index (χ0) is 16.4. The van der Waals surface area contributed by atoms with Crippen molar-refractivity contribution in [3.8, 4) is 0 Å². The number of anilines is 1. The Labute approximate surface area is 133 Å². The van der Waals surface area contributed by atoms with E-state index in [9.17, 15) is 9.59 Å². The molecule has 0 saturated heterocycles. The summed E-state index contributed by atoms with van der Waals surface area (Å²) in [7, 11) is 2.84. The van der Waals surface area contributed by atoms with Crippen LogP contribution in [0.3, 0.4) is 0 Å². The number of nitrogens with one attached hydrogen (secondary N) is 1. The van der Waals surface area contributed by atoms with Crippen LogP contribution < -0.4 is 5.32 Å². The smallest absolute Gasteiger partial charge is 0.337 e. The fourth-order valence-electron chi connectivity index (χ4n) is 2.59. The molecule has 2 aromatic carbocycles. The lowest BCUT2D eigenvalue weighted by Gasteiger charge is -2.10. The van der Waals surface area contributed by atoms with Crippen molar-refractivity contribution in [1.29, 1.82) is 0 Å². The van der Waals surface area contributed by atoms with Crippen molar-refractivity contribution in [3.05, 3.63) is 65.2 Å². The van der Waals surface area contributed by atoms with E-state index in [-0.39, 0.29) is 5.91 Å². The number of ether oxygens (including phenoxy) is 2. The zero-order valence-corrected chi connectivity index (χ0v) is 12.8. The lowest BCUT2D eigenvalue weighted by atomic mass is 10.00. The number of hydrogen-bond acceptors (Lipinski definition) is 4. The molecular formula is C18H15NO4. The molecule has 23 heavy (non-hydrogen) atoms. The second-order valence-corrected chi connectivity index (χ2v) is 4.98. The van der Waals surface area contributed by atoms with E-state index in [0.29, 0.717) is 28.1 Å². The van der Waals surface area contributed by atoms with Crippen molar-refractivity contribution in [2.45, 2.75) is 0 Å². The standard InChI is InChI=1S/C18H15NO4/c1-22-16(11-6-4-3-5-7-11)15-13-10-12(18(21)23-2)8-9-14(13)19-17(15)20/h3-10H,1-2H3,(H,19,20)/b16-15-. The molecule has 1 aliphatic heterocycles. The van der Waals surface area contributed by atoms with Gasteiger partial charge in [-0.15, -0.1) is 0 Å². The van der Waals surface area contributed by atoms with Crippen LogP contribution in [-0.2, 0) is 14.3 Å².